The summed E-state index contributed by atoms with van der Waals surface area (Å²) >= 11 is 1.32. The zero-order valence-corrected chi connectivity index (χ0v) is 15.4. The average Bonchev–Trinajstić information content (AvgIpc) is 2.98. The van der Waals surface area contributed by atoms with Gasteiger partial charge in [-0.1, -0.05) is 0 Å². The second kappa shape index (κ2) is 7.35. The summed E-state index contributed by atoms with van der Waals surface area (Å²) in [5.41, 5.74) is 0.843. The van der Waals surface area contributed by atoms with E-state index in [2.05, 4.69) is 14.9 Å². The molecule has 3 heterocycles. The zero-order chi connectivity index (χ0) is 18.0. The lowest BCUT2D eigenvalue weighted by Crippen LogP contribution is -2.37. The Balaban J connectivity index is 1.86. The van der Waals surface area contributed by atoms with Crippen molar-refractivity contribution < 1.29 is 19.1 Å². The SMILES string of the molecule is CCOC(=O)C1CCN(c2ncnc3sc(C(=O)OC)c(C)c23)CC1. The number of piperidine rings is 1. The van der Waals surface area contributed by atoms with E-state index >= 15 is 0 Å². The fraction of sp³-hybridized carbons (Fsp3) is 0.529. The molecular weight excluding hydrogens is 342 g/mol. The standard InChI is InChI=1S/C17H21N3O4S/c1-4-24-16(21)11-5-7-20(8-6-11)14-12-10(2)13(17(22)23-3)25-15(12)19-9-18-14/h9,11H,4-8H2,1-3H3. The summed E-state index contributed by atoms with van der Waals surface area (Å²) in [5, 5.41) is 0.891. The smallest absolute Gasteiger partial charge is 0.348 e. The summed E-state index contributed by atoms with van der Waals surface area (Å²) in [6.07, 6.45) is 2.99. The second-order valence-electron chi connectivity index (χ2n) is 5.94. The van der Waals surface area contributed by atoms with Crippen molar-refractivity contribution in [3.05, 3.63) is 16.8 Å². The van der Waals surface area contributed by atoms with E-state index in [1.165, 1.54) is 24.8 Å². The summed E-state index contributed by atoms with van der Waals surface area (Å²) in [6, 6.07) is 0. The molecule has 1 fully saturated rings. The molecule has 1 aliphatic heterocycles. The van der Waals surface area contributed by atoms with Crippen molar-refractivity contribution in [1.29, 1.82) is 0 Å². The van der Waals surface area contributed by atoms with Crippen LogP contribution in [0.1, 0.15) is 35.0 Å². The van der Waals surface area contributed by atoms with Crippen molar-refractivity contribution in [3.8, 4) is 0 Å². The lowest BCUT2D eigenvalue weighted by molar-refractivity contribution is -0.148. The predicted octanol–water partition coefficient (Wildman–Crippen LogP) is 2.57. The van der Waals surface area contributed by atoms with Crippen LogP contribution in [-0.4, -0.2) is 48.7 Å². The molecule has 0 aliphatic carbocycles. The van der Waals surface area contributed by atoms with Gasteiger partial charge in [0.05, 0.1) is 25.0 Å². The first-order valence-electron chi connectivity index (χ1n) is 8.30. The number of carbonyl (C=O) groups excluding carboxylic acids is 2. The predicted molar refractivity (Wildman–Crippen MR) is 95.1 cm³/mol. The van der Waals surface area contributed by atoms with Crippen LogP contribution in [0.3, 0.4) is 0 Å². The van der Waals surface area contributed by atoms with Gasteiger partial charge in [-0.25, -0.2) is 14.8 Å². The molecule has 0 radical (unpaired) electrons. The largest absolute Gasteiger partial charge is 0.466 e. The van der Waals surface area contributed by atoms with Crippen LogP contribution in [-0.2, 0) is 14.3 Å². The molecule has 1 saturated heterocycles. The molecule has 0 aromatic carbocycles. The molecule has 8 heteroatoms. The van der Waals surface area contributed by atoms with Gasteiger partial charge in [-0.2, -0.15) is 0 Å². The number of ether oxygens (including phenoxy) is 2. The minimum atomic E-state index is -0.354. The Labute approximate surface area is 150 Å². The molecule has 0 saturated carbocycles. The van der Waals surface area contributed by atoms with Crippen molar-refractivity contribution in [2.45, 2.75) is 26.7 Å². The number of aromatic nitrogens is 2. The minimum Gasteiger partial charge on any atom is -0.466 e. The first-order chi connectivity index (χ1) is 12.1. The molecular formula is C17H21N3O4S. The molecule has 3 rings (SSSR count). The molecule has 2 aromatic heterocycles. The Hall–Kier alpha value is -2.22. The summed E-state index contributed by atoms with van der Waals surface area (Å²) < 4.78 is 9.97. The molecule has 0 atom stereocenters. The van der Waals surface area contributed by atoms with E-state index in [1.54, 1.807) is 0 Å². The topological polar surface area (TPSA) is 81.6 Å². The molecule has 134 valence electrons. The number of methoxy groups -OCH3 is 1. The zero-order valence-electron chi connectivity index (χ0n) is 14.6. The quantitative estimate of drug-likeness (QED) is 0.772. The summed E-state index contributed by atoms with van der Waals surface area (Å²) in [6.45, 7) is 5.57. The number of esters is 2. The first kappa shape index (κ1) is 17.6. The molecule has 1 aliphatic rings. The number of nitrogens with zero attached hydrogens (tertiary/aromatic N) is 3. The molecule has 0 N–H and O–H groups in total. The minimum absolute atomic E-state index is 0.0530. The van der Waals surface area contributed by atoms with E-state index in [0.29, 0.717) is 11.5 Å². The number of rotatable bonds is 4. The molecule has 25 heavy (non-hydrogen) atoms. The summed E-state index contributed by atoms with van der Waals surface area (Å²) in [4.78, 5) is 36.1. The van der Waals surface area contributed by atoms with Crippen molar-refractivity contribution in [1.82, 2.24) is 9.97 Å². The normalized spacial score (nSPS) is 15.4. The lowest BCUT2D eigenvalue weighted by atomic mass is 9.97. The van der Waals surface area contributed by atoms with Gasteiger partial charge in [0.25, 0.3) is 0 Å². The van der Waals surface area contributed by atoms with Crippen LogP contribution in [0.2, 0.25) is 0 Å². The Morgan fingerprint density at radius 3 is 2.68 bits per heavy atom. The Morgan fingerprint density at radius 2 is 2.04 bits per heavy atom. The van der Waals surface area contributed by atoms with E-state index < -0.39 is 0 Å². The van der Waals surface area contributed by atoms with Crippen molar-refractivity contribution in [2.24, 2.45) is 5.92 Å². The fourth-order valence-electron chi connectivity index (χ4n) is 3.17. The number of thiophene rings is 1. The molecule has 0 bridgehead atoms. The van der Waals surface area contributed by atoms with Crippen LogP contribution in [0, 0.1) is 12.8 Å². The average molecular weight is 363 g/mol. The van der Waals surface area contributed by atoms with E-state index in [0.717, 1.165) is 47.5 Å². The van der Waals surface area contributed by atoms with Gasteiger partial charge >= 0.3 is 11.9 Å². The van der Waals surface area contributed by atoms with Crippen LogP contribution < -0.4 is 4.90 Å². The lowest BCUT2D eigenvalue weighted by Gasteiger charge is -2.32. The number of anilines is 1. The third-order valence-electron chi connectivity index (χ3n) is 4.49. The maximum Gasteiger partial charge on any atom is 0.348 e. The maximum absolute atomic E-state index is 11.9. The highest BCUT2D eigenvalue weighted by Crippen LogP contribution is 2.36. The van der Waals surface area contributed by atoms with Gasteiger partial charge < -0.3 is 14.4 Å². The summed E-state index contributed by atoms with van der Waals surface area (Å²) in [5.74, 6) is 0.293. The van der Waals surface area contributed by atoms with Crippen LogP contribution in [0.5, 0.6) is 0 Å². The first-order valence-corrected chi connectivity index (χ1v) is 9.12. The van der Waals surface area contributed by atoms with Gasteiger partial charge in [0.15, 0.2) is 0 Å². The fourth-order valence-corrected chi connectivity index (χ4v) is 4.23. The number of hydrogen-bond acceptors (Lipinski definition) is 8. The van der Waals surface area contributed by atoms with Crippen LogP contribution in [0.15, 0.2) is 6.33 Å². The van der Waals surface area contributed by atoms with Crippen LogP contribution in [0.25, 0.3) is 10.2 Å². The second-order valence-corrected chi connectivity index (χ2v) is 6.94. The molecule has 2 aromatic rings. The molecule has 0 unspecified atom stereocenters. The summed E-state index contributed by atoms with van der Waals surface area (Å²) in [7, 11) is 1.37. The van der Waals surface area contributed by atoms with Gasteiger partial charge in [0.2, 0.25) is 0 Å². The Morgan fingerprint density at radius 1 is 1.32 bits per heavy atom. The molecule has 0 amide bonds. The Kier molecular flexibility index (Phi) is 5.17. The van der Waals surface area contributed by atoms with Gasteiger partial charge in [-0.15, -0.1) is 11.3 Å². The van der Waals surface area contributed by atoms with Crippen molar-refractivity contribution >= 4 is 39.3 Å². The molecule has 7 nitrogen and oxygen atoms in total. The highest BCUT2D eigenvalue weighted by molar-refractivity contribution is 7.20. The number of carbonyl (C=O) groups is 2. The number of fused-ring (bicyclic) bond motifs is 1. The van der Waals surface area contributed by atoms with E-state index in [4.69, 9.17) is 9.47 Å². The van der Waals surface area contributed by atoms with E-state index in [1.807, 2.05) is 13.8 Å². The van der Waals surface area contributed by atoms with Gasteiger partial charge in [0.1, 0.15) is 21.9 Å². The highest BCUT2D eigenvalue weighted by atomic mass is 32.1. The van der Waals surface area contributed by atoms with Crippen LogP contribution in [0.4, 0.5) is 5.82 Å². The van der Waals surface area contributed by atoms with E-state index in [-0.39, 0.29) is 17.9 Å². The van der Waals surface area contributed by atoms with Crippen LogP contribution >= 0.6 is 11.3 Å². The van der Waals surface area contributed by atoms with Crippen molar-refractivity contribution in [3.63, 3.8) is 0 Å². The van der Waals surface area contributed by atoms with Crippen molar-refractivity contribution in [2.75, 3.05) is 31.7 Å². The number of aryl methyl sites for hydroxylation is 1. The third-order valence-corrected chi connectivity index (χ3v) is 5.67. The molecule has 0 spiro atoms. The maximum atomic E-state index is 11.9. The monoisotopic (exact) mass is 363 g/mol. The number of hydrogen-bond donors (Lipinski definition) is 0. The highest BCUT2D eigenvalue weighted by Gasteiger charge is 2.29. The van der Waals surface area contributed by atoms with Gasteiger partial charge in [0, 0.05) is 13.1 Å². The Bertz CT molecular complexity index is 797. The third kappa shape index (κ3) is 3.30. The van der Waals surface area contributed by atoms with Gasteiger partial charge in [-0.3, -0.25) is 4.79 Å². The van der Waals surface area contributed by atoms with E-state index in [9.17, 15) is 9.59 Å². The van der Waals surface area contributed by atoms with Gasteiger partial charge in [-0.05, 0) is 32.3 Å².